The van der Waals surface area contributed by atoms with E-state index in [0.717, 1.165) is 0 Å². The summed E-state index contributed by atoms with van der Waals surface area (Å²) >= 11 is 0. The van der Waals surface area contributed by atoms with E-state index < -0.39 is 5.97 Å². The molecule has 0 amide bonds. The number of benzene rings is 2. The van der Waals surface area contributed by atoms with Gasteiger partial charge in [0.25, 0.3) is 0 Å². The Hall–Kier alpha value is -2.82. The Labute approximate surface area is 115 Å². The molecule has 0 spiro atoms. The number of hydrogen-bond acceptors (Lipinski definition) is 5. The summed E-state index contributed by atoms with van der Waals surface area (Å²) in [5, 5.41) is 18.8. The number of rotatable bonds is 3. The number of phenolic OH excluding ortho intramolecular Hbond substituents is 2. The van der Waals surface area contributed by atoms with Crippen LogP contribution in [0.3, 0.4) is 0 Å². The van der Waals surface area contributed by atoms with Crippen molar-refractivity contribution in [3.63, 3.8) is 0 Å². The number of methoxy groups -OCH3 is 1. The van der Waals surface area contributed by atoms with Gasteiger partial charge in [0, 0.05) is 5.56 Å². The molecule has 0 fully saturated rings. The van der Waals surface area contributed by atoms with E-state index in [2.05, 4.69) is 4.74 Å². The van der Waals surface area contributed by atoms with Crippen LogP contribution < -0.4 is 0 Å². The van der Waals surface area contributed by atoms with Gasteiger partial charge < -0.3 is 14.9 Å². The first kappa shape index (κ1) is 13.6. The quantitative estimate of drug-likeness (QED) is 0.509. The summed E-state index contributed by atoms with van der Waals surface area (Å²) in [6, 6.07) is 8.90. The number of carbonyl (C=O) groups is 2. The van der Waals surface area contributed by atoms with E-state index in [1.54, 1.807) is 18.2 Å². The maximum atomic E-state index is 11.6. The summed E-state index contributed by atoms with van der Waals surface area (Å²) < 4.78 is 4.63. The molecule has 20 heavy (non-hydrogen) atoms. The van der Waals surface area contributed by atoms with Gasteiger partial charge in [-0.2, -0.15) is 0 Å². The Kier molecular flexibility index (Phi) is 3.70. The Morgan fingerprint density at radius 3 is 2.50 bits per heavy atom. The fourth-order valence-corrected chi connectivity index (χ4v) is 1.92. The molecule has 0 saturated heterocycles. The molecule has 5 heteroatoms. The molecule has 2 rings (SSSR count). The number of hydrogen-bond donors (Lipinski definition) is 2. The van der Waals surface area contributed by atoms with Gasteiger partial charge in [-0.3, -0.25) is 4.79 Å². The average molecular weight is 272 g/mol. The molecule has 2 aromatic carbocycles. The van der Waals surface area contributed by atoms with Gasteiger partial charge in [0.05, 0.1) is 12.7 Å². The molecule has 0 aliphatic rings. The maximum absolute atomic E-state index is 11.6. The third kappa shape index (κ3) is 2.33. The zero-order chi connectivity index (χ0) is 14.7. The van der Waals surface area contributed by atoms with Gasteiger partial charge in [0.15, 0.2) is 17.8 Å². The van der Waals surface area contributed by atoms with Gasteiger partial charge in [-0.25, -0.2) is 4.79 Å². The van der Waals surface area contributed by atoms with Crippen LogP contribution in [0.15, 0.2) is 36.4 Å². The molecule has 2 aromatic rings. The van der Waals surface area contributed by atoms with Crippen molar-refractivity contribution in [3.05, 3.63) is 47.5 Å². The largest absolute Gasteiger partial charge is 0.504 e. The van der Waals surface area contributed by atoms with Crippen LogP contribution in [-0.4, -0.2) is 29.6 Å². The molecule has 0 aliphatic carbocycles. The van der Waals surface area contributed by atoms with Gasteiger partial charge in [0.2, 0.25) is 0 Å². The Balaban J connectivity index is 2.64. The lowest BCUT2D eigenvalue weighted by atomic mass is 9.96. The monoisotopic (exact) mass is 272 g/mol. The minimum Gasteiger partial charge on any atom is -0.504 e. The molecule has 0 unspecified atom stereocenters. The van der Waals surface area contributed by atoms with E-state index in [4.69, 9.17) is 0 Å². The van der Waals surface area contributed by atoms with Crippen LogP contribution in [0.1, 0.15) is 20.7 Å². The normalized spacial score (nSPS) is 10.1. The third-order valence-electron chi connectivity index (χ3n) is 2.92. The Bertz CT molecular complexity index is 676. The highest BCUT2D eigenvalue weighted by Crippen LogP contribution is 2.32. The number of phenols is 2. The number of aromatic hydroxyl groups is 2. The first-order valence-electron chi connectivity index (χ1n) is 5.77. The summed E-state index contributed by atoms with van der Waals surface area (Å²) in [5.74, 6) is -1.18. The molecular weight excluding hydrogens is 260 g/mol. The SMILES string of the molecule is COC(=O)c1cccc(-c2ccc(O)c(O)c2)c1C=O. The molecule has 0 aliphatic heterocycles. The number of esters is 1. The minimum absolute atomic E-state index is 0.146. The standard InChI is InChI=1S/C15H12O5/c1-20-15(19)11-4-2-3-10(12(11)8-16)9-5-6-13(17)14(18)7-9/h2-8,17-18H,1H3. The zero-order valence-corrected chi connectivity index (χ0v) is 10.7. The van der Waals surface area contributed by atoms with Crippen LogP contribution in [0, 0.1) is 0 Å². The first-order chi connectivity index (χ1) is 9.58. The van der Waals surface area contributed by atoms with Gasteiger partial charge >= 0.3 is 5.97 Å². The fraction of sp³-hybridized carbons (Fsp3) is 0.0667. The van der Waals surface area contributed by atoms with Gasteiger partial charge in [-0.15, -0.1) is 0 Å². The van der Waals surface area contributed by atoms with E-state index in [0.29, 0.717) is 17.4 Å². The summed E-state index contributed by atoms with van der Waals surface area (Å²) in [7, 11) is 1.23. The molecule has 102 valence electrons. The van der Waals surface area contributed by atoms with Crippen molar-refractivity contribution >= 4 is 12.3 Å². The van der Waals surface area contributed by atoms with Gasteiger partial charge in [-0.1, -0.05) is 18.2 Å². The molecule has 0 aromatic heterocycles. The summed E-state index contributed by atoms with van der Waals surface area (Å²) in [4.78, 5) is 22.9. The van der Waals surface area contributed by atoms with E-state index in [-0.39, 0.29) is 22.6 Å². The van der Waals surface area contributed by atoms with Crippen LogP contribution >= 0.6 is 0 Å². The average Bonchev–Trinajstić information content (AvgIpc) is 2.48. The van der Waals surface area contributed by atoms with Crippen molar-refractivity contribution in [3.8, 4) is 22.6 Å². The van der Waals surface area contributed by atoms with Crippen molar-refractivity contribution < 1.29 is 24.5 Å². The second-order valence-corrected chi connectivity index (χ2v) is 4.08. The van der Waals surface area contributed by atoms with E-state index >= 15 is 0 Å². The highest BCUT2D eigenvalue weighted by atomic mass is 16.5. The summed E-state index contributed by atoms with van der Waals surface area (Å²) in [6.45, 7) is 0. The van der Waals surface area contributed by atoms with E-state index in [1.807, 2.05) is 0 Å². The number of aldehydes is 1. The minimum atomic E-state index is -0.614. The second-order valence-electron chi connectivity index (χ2n) is 4.08. The first-order valence-corrected chi connectivity index (χ1v) is 5.77. The fourth-order valence-electron chi connectivity index (χ4n) is 1.92. The molecule has 0 heterocycles. The van der Waals surface area contributed by atoms with Crippen LogP contribution in [0.5, 0.6) is 11.5 Å². The predicted molar refractivity (Wildman–Crippen MR) is 71.9 cm³/mol. The van der Waals surface area contributed by atoms with Crippen molar-refractivity contribution in [1.82, 2.24) is 0 Å². The van der Waals surface area contributed by atoms with E-state index in [9.17, 15) is 19.8 Å². The molecule has 2 N–H and O–H groups in total. The van der Waals surface area contributed by atoms with E-state index in [1.165, 1.54) is 25.3 Å². The van der Waals surface area contributed by atoms with Crippen LogP contribution in [0.25, 0.3) is 11.1 Å². The maximum Gasteiger partial charge on any atom is 0.338 e. The second kappa shape index (κ2) is 5.44. The van der Waals surface area contributed by atoms with Crippen molar-refractivity contribution in [2.24, 2.45) is 0 Å². The Morgan fingerprint density at radius 2 is 1.90 bits per heavy atom. The highest BCUT2D eigenvalue weighted by Gasteiger charge is 2.16. The number of carbonyl (C=O) groups excluding carboxylic acids is 2. The zero-order valence-electron chi connectivity index (χ0n) is 10.7. The van der Waals surface area contributed by atoms with Crippen molar-refractivity contribution in [2.75, 3.05) is 7.11 Å². The van der Waals surface area contributed by atoms with Crippen LogP contribution in [0.2, 0.25) is 0 Å². The highest BCUT2D eigenvalue weighted by molar-refractivity contribution is 6.02. The topological polar surface area (TPSA) is 83.8 Å². The molecule has 0 bridgehead atoms. The van der Waals surface area contributed by atoms with Crippen molar-refractivity contribution in [1.29, 1.82) is 0 Å². The molecular formula is C15H12O5. The predicted octanol–water partition coefficient (Wildman–Crippen LogP) is 2.36. The van der Waals surface area contributed by atoms with Gasteiger partial charge in [0.1, 0.15) is 0 Å². The molecule has 5 nitrogen and oxygen atoms in total. The number of ether oxygens (including phenoxy) is 1. The lowest BCUT2D eigenvalue weighted by Crippen LogP contribution is -2.06. The van der Waals surface area contributed by atoms with Crippen LogP contribution in [0.4, 0.5) is 0 Å². The smallest absolute Gasteiger partial charge is 0.338 e. The third-order valence-corrected chi connectivity index (χ3v) is 2.92. The summed E-state index contributed by atoms with van der Waals surface area (Å²) in [6.07, 6.45) is 0.561. The van der Waals surface area contributed by atoms with Crippen LogP contribution in [-0.2, 0) is 4.74 Å². The lowest BCUT2D eigenvalue weighted by Gasteiger charge is -2.10. The Morgan fingerprint density at radius 1 is 1.15 bits per heavy atom. The molecule has 0 saturated carbocycles. The molecule has 0 atom stereocenters. The lowest BCUT2D eigenvalue weighted by molar-refractivity contribution is 0.0598. The van der Waals surface area contributed by atoms with Gasteiger partial charge in [-0.05, 0) is 29.3 Å². The van der Waals surface area contributed by atoms with Crippen molar-refractivity contribution in [2.45, 2.75) is 0 Å². The molecule has 0 radical (unpaired) electrons. The summed E-state index contributed by atoms with van der Waals surface area (Å²) in [5.41, 5.74) is 1.29.